The van der Waals surface area contributed by atoms with Gasteiger partial charge in [0.25, 0.3) is 5.91 Å². The molecule has 1 aromatic heterocycles. The molecule has 1 fully saturated rings. The summed E-state index contributed by atoms with van der Waals surface area (Å²) in [5.41, 5.74) is 4.51. The lowest BCUT2D eigenvalue weighted by Gasteiger charge is -2.39. The van der Waals surface area contributed by atoms with Crippen LogP contribution in [0.3, 0.4) is 0 Å². The minimum absolute atomic E-state index is 0.166. The van der Waals surface area contributed by atoms with Crippen molar-refractivity contribution in [2.75, 3.05) is 38.5 Å². The third-order valence-electron chi connectivity index (χ3n) is 6.60. The van der Waals surface area contributed by atoms with E-state index in [9.17, 15) is 4.79 Å². The summed E-state index contributed by atoms with van der Waals surface area (Å²) in [6.07, 6.45) is 5.76. The summed E-state index contributed by atoms with van der Waals surface area (Å²) in [5.74, 6) is 1.08. The third-order valence-corrected chi connectivity index (χ3v) is 7.70. The van der Waals surface area contributed by atoms with Gasteiger partial charge in [0.2, 0.25) is 0 Å². The molecule has 146 valence electrons. The lowest BCUT2D eigenvalue weighted by Crippen LogP contribution is -2.47. The molecule has 1 amide bonds. The summed E-state index contributed by atoms with van der Waals surface area (Å²) >= 11 is 1.83. The van der Waals surface area contributed by atoms with Crippen molar-refractivity contribution in [3.05, 3.63) is 63.4 Å². The molecule has 1 N–H and O–H groups in total. The molecule has 0 saturated carbocycles. The van der Waals surface area contributed by atoms with Crippen molar-refractivity contribution in [2.24, 2.45) is 5.92 Å². The summed E-state index contributed by atoms with van der Waals surface area (Å²) in [6, 6.07) is 8.74. The number of hydrogen-bond acceptors (Lipinski definition) is 4. The molecule has 1 aromatic carbocycles. The molecular weight excluding hydrogens is 366 g/mol. The van der Waals surface area contributed by atoms with Crippen molar-refractivity contribution in [2.45, 2.75) is 25.3 Å². The number of rotatable bonds is 2. The number of fused-ring (bicyclic) bond motifs is 3. The summed E-state index contributed by atoms with van der Waals surface area (Å²) in [7, 11) is 2.12. The fraction of sp³-hybridized carbons (Fsp3) is 0.435. The molecule has 1 saturated heterocycles. The van der Waals surface area contributed by atoms with Gasteiger partial charge in [-0.15, -0.1) is 11.3 Å². The number of hydrogen-bond donors (Lipinski definition) is 1. The van der Waals surface area contributed by atoms with Crippen LogP contribution in [0.1, 0.15) is 44.7 Å². The summed E-state index contributed by atoms with van der Waals surface area (Å²) in [6.45, 7) is 5.69. The monoisotopic (exact) mass is 393 g/mol. The van der Waals surface area contributed by atoms with Crippen molar-refractivity contribution in [3.63, 3.8) is 0 Å². The number of allylic oxidation sites excluding steroid dienone is 2. The molecule has 4 nitrogen and oxygen atoms in total. The van der Waals surface area contributed by atoms with Crippen LogP contribution in [0.15, 0.2) is 41.8 Å². The number of amides is 1. The molecule has 2 aliphatic heterocycles. The van der Waals surface area contributed by atoms with Gasteiger partial charge in [0.1, 0.15) is 0 Å². The number of thiophene rings is 1. The van der Waals surface area contributed by atoms with E-state index in [1.165, 1.54) is 16.0 Å². The van der Waals surface area contributed by atoms with Crippen LogP contribution in [0.4, 0.5) is 5.69 Å². The number of nitrogens with one attached hydrogen (secondary N) is 1. The number of benzene rings is 1. The highest BCUT2D eigenvalue weighted by atomic mass is 32.1. The van der Waals surface area contributed by atoms with Gasteiger partial charge in [0.15, 0.2) is 0 Å². The van der Waals surface area contributed by atoms with Crippen LogP contribution in [0.5, 0.6) is 0 Å². The number of piperazine rings is 1. The van der Waals surface area contributed by atoms with Gasteiger partial charge in [0.05, 0.1) is 17.3 Å². The number of para-hydroxylation sites is 1. The van der Waals surface area contributed by atoms with Gasteiger partial charge in [-0.3, -0.25) is 4.79 Å². The first kappa shape index (κ1) is 18.0. The summed E-state index contributed by atoms with van der Waals surface area (Å²) in [4.78, 5) is 19.1. The summed E-state index contributed by atoms with van der Waals surface area (Å²) in [5, 5.41) is 6.00. The number of likely N-dealkylation sites (N-methyl/N-ethyl adjacent to an activating group) is 1. The van der Waals surface area contributed by atoms with Gasteiger partial charge in [-0.1, -0.05) is 24.3 Å². The molecule has 3 heterocycles. The maximum atomic E-state index is 13.4. The Kier molecular flexibility index (Phi) is 4.52. The Morgan fingerprint density at radius 1 is 1.18 bits per heavy atom. The molecular formula is C23H27N3OS. The lowest BCUT2D eigenvalue weighted by molar-refractivity contribution is 0.0664. The molecule has 3 aliphatic rings. The fourth-order valence-electron chi connectivity index (χ4n) is 4.94. The number of carbonyl (C=O) groups excluding carboxylic acids is 1. The van der Waals surface area contributed by atoms with Gasteiger partial charge >= 0.3 is 0 Å². The predicted molar refractivity (Wildman–Crippen MR) is 115 cm³/mol. The fourth-order valence-corrected chi connectivity index (χ4v) is 6.00. The Morgan fingerprint density at radius 2 is 2.00 bits per heavy atom. The molecule has 0 spiro atoms. The van der Waals surface area contributed by atoms with Crippen molar-refractivity contribution in [1.82, 2.24) is 9.80 Å². The molecule has 5 rings (SSSR count). The predicted octanol–water partition coefficient (Wildman–Crippen LogP) is 4.27. The van der Waals surface area contributed by atoms with Gasteiger partial charge < -0.3 is 15.1 Å². The second-order valence-corrected chi connectivity index (χ2v) is 9.26. The average molecular weight is 394 g/mol. The number of anilines is 1. The molecule has 3 atom stereocenters. The Labute approximate surface area is 170 Å². The number of nitrogens with zero attached hydrogens (tertiary/aromatic N) is 2. The highest BCUT2D eigenvalue weighted by Gasteiger charge is 2.40. The van der Waals surface area contributed by atoms with Crippen LogP contribution in [-0.4, -0.2) is 48.9 Å². The van der Waals surface area contributed by atoms with E-state index in [0.717, 1.165) is 43.9 Å². The zero-order valence-electron chi connectivity index (χ0n) is 16.5. The molecule has 5 heteroatoms. The minimum Gasteiger partial charge on any atom is -0.376 e. The van der Waals surface area contributed by atoms with Crippen LogP contribution in [-0.2, 0) is 0 Å². The van der Waals surface area contributed by atoms with E-state index in [1.807, 2.05) is 22.3 Å². The van der Waals surface area contributed by atoms with Crippen LogP contribution < -0.4 is 5.32 Å². The van der Waals surface area contributed by atoms with Gasteiger partial charge in [-0.05, 0) is 54.9 Å². The van der Waals surface area contributed by atoms with E-state index < -0.39 is 0 Å². The zero-order valence-corrected chi connectivity index (χ0v) is 17.3. The van der Waals surface area contributed by atoms with Crippen molar-refractivity contribution < 1.29 is 4.79 Å². The largest absolute Gasteiger partial charge is 0.376 e. The molecule has 28 heavy (non-hydrogen) atoms. The van der Waals surface area contributed by atoms with Crippen LogP contribution in [0.25, 0.3) is 0 Å². The second kappa shape index (κ2) is 7.05. The van der Waals surface area contributed by atoms with Crippen molar-refractivity contribution in [3.8, 4) is 0 Å². The van der Waals surface area contributed by atoms with E-state index in [1.54, 1.807) is 0 Å². The first-order chi connectivity index (χ1) is 13.6. The Morgan fingerprint density at radius 3 is 2.75 bits per heavy atom. The highest BCUT2D eigenvalue weighted by Crippen LogP contribution is 2.52. The van der Waals surface area contributed by atoms with Gasteiger partial charge in [-0.2, -0.15) is 0 Å². The minimum atomic E-state index is 0.166. The van der Waals surface area contributed by atoms with E-state index in [-0.39, 0.29) is 11.9 Å². The topological polar surface area (TPSA) is 35.6 Å². The Bertz CT molecular complexity index is 926. The maximum absolute atomic E-state index is 13.4. The van der Waals surface area contributed by atoms with E-state index >= 15 is 0 Å². The number of aryl methyl sites for hydroxylation is 1. The maximum Gasteiger partial charge on any atom is 0.256 e. The van der Waals surface area contributed by atoms with E-state index in [2.05, 4.69) is 59.9 Å². The Balaban J connectivity index is 1.53. The molecule has 0 bridgehead atoms. The van der Waals surface area contributed by atoms with Gasteiger partial charge in [0, 0.05) is 37.0 Å². The third kappa shape index (κ3) is 2.88. The standard InChI is InChI=1S/C23H27N3OS/c1-15-9-14-28-22(15)21-18-7-3-5-16(18)17-6-4-8-19(20(17)24-21)23(27)26-12-10-25(2)11-13-26/h3-6,8-9,14,16,18,21,24H,7,10-13H2,1-2H3. The number of carbonyl (C=O) groups is 1. The smallest absolute Gasteiger partial charge is 0.256 e. The van der Waals surface area contributed by atoms with Crippen LogP contribution >= 0.6 is 11.3 Å². The molecule has 0 radical (unpaired) electrons. The van der Waals surface area contributed by atoms with E-state index in [0.29, 0.717) is 11.8 Å². The van der Waals surface area contributed by atoms with Crippen molar-refractivity contribution >= 4 is 22.9 Å². The van der Waals surface area contributed by atoms with Crippen LogP contribution in [0.2, 0.25) is 0 Å². The highest BCUT2D eigenvalue weighted by molar-refractivity contribution is 7.10. The molecule has 3 unspecified atom stereocenters. The zero-order chi connectivity index (χ0) is 19.3. The van der Waals surface area contributed by atoms with E-state index in [4.69, 9.17) is 0 Å². The Hall–Kier alpha value is -2.11. The molecule has 1 aliphatic carbocycles. The first-order valence-electron chi connectivity index (χ1n) is 10.2. The molecule has 2 aromatic rings. The van der Waals surface area contributed by atoms with Gasteiger partial charge in [-0.25, -0.2) is 0 Å². The SMILES string of the molecule is Cc1ccsc1C1Nc2c(C(=O)N3CCN(C)CC3)cccc2C2C=CCC21. The summed E-state index contributed by atoms with van der Waals surface area (Å²) < 4.78 is 0. The lowest BCUT2D eigenvalue weighted by atomic mass is 9.77. The second-order valence-electron chi connectivity index (χ2n) is 8.31. The normalized spacial score (nSPS) is 26.6. The quantitative estimate of drug-likeness (QED) is 0.774. The average Bonchev–Trinajstić information content (AvgIpc) is 3.36. The first-order valence-corrected chi connectivity index (χ1v) is 11.1. The van der Waals surface area contributed by atoms with Crippen LogP contribution in [0, 0.1) is 12.8 Å². The van der Waals surface area contributed by atoms with Crippen molar-refractivity contribution in [1.29, 1.82) is 0 Å².